The lowest BCUT2D eigenvalue weighted by Crippen LogP contribution is -2.52. The number of nitrogens with zero attached hydrogens (tertiary/aromatic N) is 3. The molecule has 2 aliphatic heterocycles. The predicted octanol–water partition coefficient (Wildman–Crippen LogP) is -0.607. The summed E-state index contributed by atoms with van der Waals surface area (Å²) in [7, 11) is 2.02. The molecule has 0 saturated carbocycles. The van der Waals surface area contributed by atoms with Crippen LogP contribution in [0, 0.1) is 0 Å². The molecule has 2 saturated heterocycles. The molecule has 2 fully saturated rings. The highest BCUT2D eigenvalue weighted by Crippen LogP contribution is 2.08. The van der Waals surface area contributed by atoms with Gasteiger partial charge in [0, 0.05) is 45.7 Å². The molecule has 1 unspecified atom stereocenters. The monoisotopic (exact) mass is 304 g/mol. The minimum atomic E-state index is 0. The van der Waals surface area contributed by atoms with Gasteiger partial charge in [-0.15, -0.1) is 12.4 Å². The summed E-state index contributed by atoms with van der Waals surface area (Å²) in [5.41, 5.74) is 0. The Labute approximate surface area is 126 Å². The Bertz CT molecular complexity index is 339. The van der Waals surface area contributed by atoms with Crippen molar-refractivity contribution in [1.82, 2.24) is 20.0 Å². The van der Waals surface area contributed by atoms with Crippen molar-refractivity contribution in [2.75, 3.05) is 52.9 Å². The summed E-state index contributed by atoms with van der Waals surface area (Å²) in [6.45, 7) is 6.73. The van der Waals surface area contributed by atoms with E-state index >= 15 is 0 Å². The van der Waals surface area contributed by atoms with Gasteiger partial charge in [0.25, 0.3) is 0 Å². The molecule has 20 heavy (non-hydrogen) atoms. The lowest BCUT2D eigenvalue weighted by atomic mass is 10.2. The van der Waals surface area contributed by atoms with E-state index in [1.807, 2.05) is 11.9 Å². The van der Waals surface area contributed by atoms with Crippen LogP contribution in [0.25, 0.3) is 0 Å². The van der Waals surface area contributed by atoms with Gasteiger partial charge in [0.05, 0.1) is 6.54 Å². The van der Waals surface area contributed by atoms with E-state index in [4.69, 9.17) is 0 Å². The first-order valence-corrected chi connectivity index (χ1v) is 7.02. The Kier molecular flexibility index (Phi) is 6.71. The number of nitrogens with one attached hydrogen (secondary N) is 1. The number of hydrogen-bond donors (Lipinski definition) is 1. The fourth-order valence-electron chi connectivity index (χ4n) is 2.73. The van der Waals surface area contributed by atoms with Crippen molar-refractivity contribution in [2.24, 2.45) is 0 Å². The van der Waals surface area contributed by atoms with Crippen LogP contribution in [-0.4, -0.2) is 85.4 Å². The second-order valence-electron chi connectivity index (χ2n) is 5.45. The average Bonchev–Trinajstić information content (AvgIpc) is 2.92. The van der Waals surface area contributed by atoms with Gasteiger partial charge in [0.1, 0.15) is 0 Å². The van der Waals surface area contributed by atoms with Crippen LogP contribution < -0.4 is 5.32 Å². The maximum Gasteiger partial charge on any atom is 0.236 e. The molecular formula is C13H25ClN4O2. The Hall–Kier alpha value is -0.850. The maximum absolute atomic E-state index is 12.2. The van der Waals surface area contributed by atoms with Crippen molar-refractivity contribution >= 4 is 24.2 Å². The van der Waals surface area contributed by atoms with E-state index in [-0.39, 0.29) is 24.2 Å². The fraction of sp³-hybridized carbons (Fsp3) is 0.846. The Morgan fingerprint density at radius 1 is 1.20 bits per heavy atom. The second kappa shape index (κ2) is 7.81. The van der Waals surface area contributed by atoms with Crippen molar-refractivity contribution < 1.29 is 9.59 Å². The van der Waals surface area contributed by atoms with Gasteiger partial charge < -0.3 is 15.1 Å². The minimum absolute atomic E-state index is 0. The third kappa shape index (κ3) is 4.33. The molecule has 0 spiro atoms. The van der Waals surface area contributed by atoms with Gasteiger partial charge in [0.15, 0.2) is 0 Å². The Morgan fingerprint density at radius 2 is 1.80 bits per heavy atom. The number of likely N-dealkylation sites (N-methyl/N-ethyl adjacent to an activating group) is 1. The van der Waals surface area contributed by atoms with Crippen molar-refractivity contribution in [3.63, 3.8) is 0 Å². The number of piperazine rings is 1. The number of carbonyl (C=O) groups is 2. The molecule has 0 aromatic carbocycles. The van der Waals surface area contributed by atoms with E-state index in [2.05, 4.69) is 10.2 Å². The number of carbonyl (C=O) groups excluding carboxylic acids is 2. The van der Waals surface area contributed by atoms with E-state index in [0.29, 0.717) is 38.8 Å². The molecule has 7 heteroatoms. The third-order valence-corrected chi connectivity index (χ3v) is 4.12. The fourth-order valence-corrected chi connectivity index (χ4v) is 2.73. The minimum Gasteiger partial charge on any atom is -0.339 e. The topological polar surface area (TPSA) is 55.9 Å². The van der Waals surface area contributed by atoms with Crippen LogP contribution in [-0.2, 0) is 9.59 Å². The first-order chi connectivity index (χ1) is 9.08. The van der Waals surface area contributed by atoms with Crippen LogP contribution in [0.15, 0.2) is 0 Å². The molecule has 0 bridgehead atoms. The molecule has 0 aromatic heterocycles. The van der Waals surface area contributed by atoms with Crippen molar-refractivity contribution in [2.45, 2.75) is 19.4 Å². The van der Waals surface area contributed by atoms with Crippen LogP contribution in [0.3, 0.4) is 0 Å². The Morgan fingerprint density at radius 3 is 2.30 bits per heavy atom. The summed E-state index contributed by atoms with van der Waals surface area (Å²) in [5.74, 6) is 0.277. The molecule has 0 radical (unpaired) electrons. The normalized spacial score (nSPS) is 22.9. The van der Waals surface area contributed by atoms with Crippen LogP contribution in [0.1, 0.15) is 13.3 Å². The molecule has 1 N–H and O–H groups in total. The van der Waals surface area contributed by atoms with E-state index in [1.165, 1.54) is 0 Å². The number of amides is 2. The molecule has 2 amide bonds. The van der Waals surface area contributed by atoms with Crippen LogP contribution in [0.5, 0.6) is 0 Å². The van der Waals surface area contributed by atoms with Gasteiger partial charge >= 0.3 is 0 Å². The maximum atomic E-state index is 12.2. The van der Waals surface area contributed by atoms with E-state index in [9.17, 15) is 9.59 Å². The van der Waals surface area contributed by atoms with Crippen LogP contribution in [0.4, 0.5) is 0 Å². The molecule has 0 aliphatic carbocycles. The molecular weight excluding hydrogens is 280 g/mol. The first-order valence-electron chi connectivity index (χ1n) is 7.02. The van der Waals surface area contributed by atoms with Crippen molar-refractivity contribution in [1.29, 1.82) is 0 Å². The van der Waals surface area contributed by atoms with Crippen LogP contribution in [0.2, 0.25) is 0 Å². The Balaban J connectivity index is 0.00000200. The zero-order valence-electron chi connectivity index (χ0n) is 12.3. The van der Waals surface area contributed by atoms with Gasteiger partial charge in [-0.05, 0) is 20.0 Å². The highest BCUT2D eigenvalue weighted by atomic mass is 35.5. The molecule has 116 valence electrons. The summed E-state index contributed by atoms with van der Waals surface area (Å²) in [6.07, 6.45) is 1.11. The molecule has 2 aliphatic rings. The van der Waals surface area contributed by atoms with Gasteiger partial charge in [-0.2, -0.15) is 0 Å². The van der Waals surface area contributed by atoms with E-state index < -0.39 is 0 Å². The van der Waals surface area contributed by atoms with Gasteiger partial charge in [-0.1, -0.05) is 0 Å². The van der Waals surface area contributed by atoms with E-state index in [1.54, 1.807) is 11.8 Å². The number of rotatable bonds is 3. The SMILES string of the molecule is CC(=O)N1CCN(C(=O)CN(C)C2CCNC2)CC1.Cl. The lowest BCUT2D eigenvalue weighted by molar-refractivity contribution is -0.139. The predicted molar refractivity (Wildman–Crippen MR) is 80.0 cm³/mol. The van der Waals surface area contributed by atoms with Gasteiger partial charge in [-0.3, -0.25) is 14.5 Å². The summed E-state index contributed by atoms with van der Waals surface area (Å²) < 4.78 is 0. The number of halogens is 1. The molecule has 0 aromatic rings. The third-order valence-electron chi connectivity index (χ3n) is 4.12. The smallest absolute Gasteiger partial charge is 0.236 e. The summed E-state index contributed by atoms with van der Waals surface area (Å²) in [4.78, 5) is 29.2. The molecule has 2 heterocycles. The zero-order valence-corrected chi connectivity index (χ0v) is 13.1. The largest absolute Gasteiger partial charge is 0.339 e. The van der Waals surface area contributed by atoms with Gasteiger partial charge in [-0.25, -0.2) is 0 Å². The molecule has 1 atom stereocenters. The molecule has 6 nitrogen and oxygen atoms in total. The summed E-state index contributed by atoms with van der Waals surface area (Å²) in [6, 6.07) is 0.474. The standard InChI is InChI=1S/C13H24N4O2.ClH/c1-11(18)16-5-7-17(8-6-16)13(19)10-15(2)12-3-4-14-9-12;/h12,14H,3-10H2,1-2H3;1H. The summed E-state index contributed by atoms with van der Waals surface area (Å²) >= 11 is 0. The van der Waals surface area contributed by atoms with Crippen molar-refractivity contribution in [3.8, 4) is 0 Å². The molecule has 2 rings (SSSR count). The van der Waals surface area contributed by atoms with Crippen LogP contribution >= 0.6 is 12.4 Å². The second-order valence-corrected chi connectivity index (χ2v) is 5.45. The highest BCUT2D eigenvalue weighted by molar-refractivity contribution is 5.85. The van der Waals surface area contributed by atoms with E-state index in [0.717, 1.165) is 19.5 Å². The zero-order chi connectivity index (χ0) is 13.8. The first kappa shape index (κ1) is 17.2. The lowest BCUT2D eigenvalue weighted by Gasteiger charge is -2.35. The number of hydrogen-bond acceptors (Lipinski definition) is 4. The quantitative estimate of drug-likeness (QED) is 0.756. The van der Waals surface area contributed by atoms with Gasteiger partial charge in [0.2, 0.25) is 11.8 Å². The highest BCUT2D eigenvalue weighted by Gasteiger charge is 2.26. The van der Waals surface area contributed by atoms with Crippen molar-refractivity contribution in [3.05, 3.63) is 0 Å². The average molecular weight is 305 g/mol. The summed E-state index contributed by atoms with van der Waals surface area (Å²) in [5, 5.41) is 3.31.